The maximum absolute atomic E-state index is 5.56. The van der Waals surface area contributed by atoms with Crippen molar-refractivity contribution in [1.29, 1.82) is 0 Å². The summed E-state index contributed by atoms with van der Waals surface area (Å²) in [7, 11) is 0. The summed E-state index contributed by atoms with van der Waals surface area (Å²) in [6.07, 6.45) is 2.97. The SMILES string of the molecule is CCc1cc2[nH]cc(C)c2nc1-c1ccc(C(C)C)nc1N1CCOCC1. The number of ether oxygens (including phenoxy) is 1. The number of H-pyrrole nitrogens is 1. The molecular formula is C22H28N4O. The summed E-state index contributed by atoms with van der Waals surface area (Å²) in [5.41, 5.74) is 7.87. The van der Waals surface area contributed by atoms with Crippen LogP contribution in [-0.4, -0.2) is 41.3 Å². The molecule has 0 aromatic carbocycles. The lowest BCUT2D eigenvalue weighted by molar-refractivity contribution is 0.122. The number of nitrogens with zero attached hydrogens (tertiary/aromatic N) is 3. The Morgan fingerprint density at radius 2 is 1.96 bits per heavy atom. The van der Waals surface area contributed by atoms with Gasteiger partial charge in [0, 0.05) is 30.5 Å². The van der Waals surface area contributed by atoms with E-state index in [9.17, 15) is 0 Å². The highest BCUT2D eigenvalue weighted by atomic mass is 16.5. The van der Waals surface area contributed by atoms with Crippen molar-refractivity contribution in [1.82, 2.24) is 15.0 Å². The Balaban J connectivity index is 1.92. The van der Waals surface area contributed by atoms with Crippen molar-refractivity contribution in [2.45, 2.75) is 40.0 Å². The Labute approximate surface area is 160 Å². The first-order valence-corrected chi connectivity index (χ1v) is 9.90. The minimum atomic E-state index is 0.395. The Morgan fingerprint density at radius 3 is 2.67 bits per heavy atom. The molecule has 3 aromatic heterocycles. The second-order valence-corrected chi connectivity index (χ2v) is 7.58. The smallest absolute Gasteiger partial charge is 0.138 e. The van der Waals surface area contributed by atoms with Gasteiger partial charge in [0.1, 0.15) is 5.82 Å². The third kappa shape index (κ3) is 3.32. The summed E-state index contributed by atoms with van der Waals surface area (Å²) in [5, 5.41) is 0. The van der Waals surface area contributed by atoms with Crippen molar-refractivity contribution in [3.63, 3.8) is 0 Å². The zero-order chi connectivity index (χ0) is 19.0. The number of aryl methyl sites for hydroxylation is 2. The minimum Gasteiger partial charge on any atom is -0.378 e. The fourth-order valence-electron chi connectivity index (χ4n) is 3.71. The van der Waals surface area contributed by atoms with E-state index in [2.05, 4.69) is 55.8 Å². The van der Waals surface area contributed by atoms with Gasteiger partial charge in [-0.05, 0) is 48.6 Å². The number of aromatic amines is 1. The number of aromatic nitrogens is 3. The van der Waals surface area contributed by atoms with Gasteiger partial charge in [-0.2, -0.15) is 0 Å². The Hall–Kier alpha value is -2.40. The summed E-state index contributed by atoms with van der Waals surface area (Å²) >= 11 is 0. The fourth-order valence-corrected chi connectivity index (χ4v) is 3.71. The lowest BCUT2D eigenvalue weighted by atomic mass is 10.0. The van der Waals surface area contributed by atoms with Gasteiger partial charge in [-0.15, -0.1) is 0 Å². The van der Waals surface area contributed by atoms with E-state index in [1.54, 1.807) is 0 Å². The highest BCUT2D eigenvalue weighted by Crippen LogP contribution is 2.34. The summed E-state index contributed by atoms with van der Waals surface area (Å²) in [5.74, 6) is 1.44. The summed E-state index contributed by atoms with van der Waals surface area (Å²) in [6, 6.07) is 6.60. The molecule has 0 bridgehead atoms. The van der Waals surface area contributed by atoms with Gasteiger partial charge in [0.25, 0.3) is 0 Å². The molecule has 5 nitrogen and oxygen atoms in total. The molecule has 27 heavy (non-hydrogen) atoms. The molecule has 1 saturated heterocycles. The molecule has 4 heterocycles. The molecule has 1 aliphatic heterocycles. The van der Waals surface area contributed by atoms with Gasteiger partial charge in [-0.3, -0.25) is 0 Å². The van der Waals surface area contributed by atoms with Crippen LogP contribution >= 0.6 is 0 Å². The largest absolute Gasteiger partial charge is 0.378 e. The van der Waals surface area contributed by atoms with E-state index in [0.717, 1.165) is 66.5 Å². The van der Waals surface area contributed by atoms with Crippen LogP contribution in [0.3, 0.4) is 0 Å². The van der Waals surface area contributed by atoms with Crippen LogP contribution in [0, 0.1) is 6.92 Å². The van der Waals surface area contributed by atoms with E-state index in [1.165, 1.54) is 11.1 Å². The third-order valence-corrected chi connectivity index (χ3v) is 5.35. The molecule has 1 fully saturated rings. The molecule has 0 unspecified atom stereocenters. The monoisotopic (exact) mass is 364 g/mol. The maximum atomic E-state index is 5.56. The Kier molecular flexibility index (Phi) is 4.87. The maximum Gasteiger partial charge on any atom is 0.138 e. The van der Waals surface area contributed by atoms with Gasteiger partial charge in [-0.1, -0.05) is 20.8 Å². The first-order valence-electron chi connectivity index (χ1n) is 9.90. The van der Waals surface area contributed by atoms with Gasteiger partial charge in [-0.25, -0.2) is 9.97 Å². The number of morpholine rings is 1. The summed E-state index contributed by atoms with van der Waals surface area (Å²) in [6.45, 7) is 11.9. The van der Waals surface area contributed by atoms with Gasteiger partial charge in [0.2, 0.25) is 0 Å². The first kappa shape index (κ1) is 18.0. The zero-order valence-electron chi connectivity index (χ0n) is 16.7. The molecule has 0 radical (unpaired) electrons. The van der Waals surface area contributed by atoms with E-state index in [1.807, 2.05) is 6.20 Å². The molecule has 0 spiro atoms. The quantitative estimate of drug-likeness (QED) is 0.743. The third-order valence-electron chi connectivity index (χ3n) is 5.35. The van der Waals surface area contributed by atoms with Crippen LogP contribution < -0.4 is 4.90 Å². The van der Waals surface area contributed by atoms with Gasteiger partial charge in [0.15, 0.2) is 0 Å². The van der Waals surface area contributed by atoms with E-state index >= 15 is 0 Å². The van der Waals surface area contributed by atoms with E-state index in [0.29, 0.717) is 5.92 Å². The molecule has 5 heteroatoms. The molecule has 3 aromatic rings. The number of nitrogens with one attached hydrogen (secondary N) is 1. The van der Waals surface area contributed by atoms with Gasteiger partial charge < -0.3 is 14.6 Å². The Morgan fingerprint density at radius 1 is 1.19 bits per heavy atom. The normalized spacial score (nSPS) is 15.1. The lowest BCUT2D eigenvalue weighted by Gasteiger charge is -2.30. The van der Waals surface area contributed by atoms with Crippen LogP contribution in [0.5, 0.6) is 0 Å². The van der Waals surface area contributed by atoms with E-state index < -0.39 is 0 Å². The van der Waals surface area contributed by atoms with Crippen LogP contribution in [0.15, 0.2) is 24.4 Å². The predicted molar refractivity (Wildman–Crippen MR) is 111 cm³/mol. The summed E-state index contributed by atoms with van der Waals surface area (Å²) in [4.78, 5) is 15.8. The number of hydrogen-bond acceptors (Lipinski definition) is 4. The average Bonchev–Trinajstić information content (AvgIpc) is 3.07. The van der Waals surface area contributed by atoms with Crippen molar-refractivity contribution in [2.24, 2.45) is 0 Å². The van der Waals surface area contributed by atoms with Crippen LogP contribution in [-0.2, 0) is 11.2 Å². The number of fused-ring (bicyclic) bond motifs is 1. The van der Waals surface area contributed by atoms with Crippen LogP contribution in [0.25, 0.3) is 22.3 Å². The molecule has 0 saturated carbocycles. The second kappa shape index (κ2) is 7.31. The van der Waals surface area contributed by atoms with Crippen molar-refractivity contribution in [2.75, 3.05) is 31.2 Å². The standard InChI is InChI=1S/C22H28N4O/c1-5-16-12-19-20(15(4)13-23-19)25-21(16)17-6-7-18(14(2)3)24-22(17)26-8-10-27-11-9-26/h6-7,12-14,23H,5,8-11H2,1-4H3. The number of rotatable bonds is 4. The number of hydrogen-bond donors (Lipinski definition) is 1. The second-order valence-electron chi connectivity index (χ2n) is 7.58. The molecule has 1 N–H and O–H groups in total. The van der Waals surface area contributed by atoms with E-state index in [4.69, 9.17) is 14.7 Å². The topological polar surface area (TPSA) is 54.0 Å². The fraction of sp³-hybridized carbons (Fsp3) is 0.455. The molecule has 142 valence electrons. The predicted octanol–water partition coefficient (Wildman–Crippen LogP) is 4.46. The average molecular weight is 364 g/mol. The van der Waals surface area contributed by atoms with Crippen LogP contribution in [0.1, 0.15) is 43.5 Å². The molecule has 0 atom stereocenters. The molecule has 0 amide bonds. The van der Waals surface area contributed by atoms with E-state index in [-0.39, 0.29) is 0 Å². The highest BCUT2D eigenvalue weighted by molar-refractivity contribution is 5.86. The first-order chi connectivity index (χ1) is 13.1. The minimum absolute atomic E-state index is 0.395. The molecule has 4 rings (SSSR count). The van der Waals surface area contributed by atoms with Crippen LogP contribution in [0.2, 0.25) is 0 Å². The van der Waals surface area contributed by atoms with Crippen molar-refractivity contribution in [3.8, 4) is 11.3 Å². The number of anilines is 1. The zero-order valence-corrected chi connectivity index (χ0v) is 16.7. The molecular weight excluding hydrogens is 336 g/mol. The van der Waals surface area contributed by atoms with Gasteiger partial charge in [0.05, 0.1) is 29.9 Å². The number of pyridine rings is 2. The molecule has 0 aliphatic carbocycles. The van der Waals surface area contributed by atoms with Crippen LogP contribution in [0.4, 0.5) is 5.82 Å². The van der Waals surface area contributed by atoms with Crippen molar-refractivity contribution in [3.05, 3.63) is 41.2 Å². The highest BCUT2D eigenvalue weighted by Gasteiger charge is 2.21. The van der Waals surface area contributed by atoms with Crippen molar-refractivity contribution >= 4 is 16.9 Å². The Bertz CT molecular complexity index is 954. The molecule has 1 aliphatic rings. The summed E-state index contributed by atoms with van der Waals surface area (Å²) < 4.78 is 5.56. The lowest BCUT2D eigenvalue weighted by Crippen LogP contribution is -2.37. The van der Waals surface area contributed by atoms with Gasteiger partial charge >= 0.3 is 0 Å². The van der Waals surface area contributed by atoms with Crippen molar-refractivity contribution < 1.29 is 4.74 Å².